The third-order valence-corrected chi connectivity index (χ3v) is 4.65. The van der Waals surface area contributed by atoms with Crippen LogP contribution in [0.5, 0.6) is 0 Å². The predicted molar refractivity (Wildman–Crippen MR) is 80.3 cm³/mol. The van der Waals surface area contributed by atoms with Crippen molar-refractivity contribution in [3.63, 3.8) is 0 Å². The van der Waals surface area contributed by atoms with E-state index in [1.165, 1.54) is 28.4 Å². The van der Waals surface area contributed by atoms with Crippen LogP contribution in [0.15, 0.2) is 18.2 Å². The number of rotatable bonds is 4. The first-order valence-corrected chi connectivity index (χ1v) is 7.29. The van der Waals surface area contributed by atoms with Gasteiger partial charge in [0.15, 0.2) is 0 Å². The molecule has 1 heterocycles. The fraction of sp³-hybridized carbons (Fsp3) is 0.333. The smallest absolute Gasteiger partial charge is 0.308 e. The molecule has 1 unspecified atom stereocenters. The number of carboxylic acid groups (broad SMARTS) is 1. The lowest BCUT2D eigenvalue weighted by molar-refractivity contribution is -0.141. The van der Waals surface area contributed by atoms with Gasteiger partial charge in [0.05, 0.1) is 10.8 Å². The van der Waals surface area contributed by atoms with Crippen LogP contribution in [0.4, 0.5) is 4.39 Å². The van der Waals surface area contributed by atoms with Crippen molar-refractivity contribution in [3.8, 4) is 0 Å². The number of nitrogens with zero attached hydrogens (tertiary/aromatic N) is 1. The van der Waals surface area contributed by atoms with E-state index in [0.717, 1.165) is 15.6 Å². The van der Waals surface area contributed by atoms with Gasteiger partial charge in [0.2, 0.25) is 0 Å². The molecule has 1 aromatic heterocycles. The summed E-state index contributed by atoms with van der Waals surface area (Å²) in [6, 6.07) is 4.43. The van der Waals surface area contributed by atoms with E-state index in [-0.39, 0.29) is 18.3 Å². The van der Waals surface area contributed by atoms with E-state index in [2.05, 4.69) is 0 Å². The zero-order valence-corrected chi connectivity index (χ0v) is 12.8. The minimum atomic E-state index is -0.940. The van der Waals surface area contributed by atoms with E-state index in [1.807, 2.05) is 6.92 Å². The largest absolute Gasteiger partial charge is 0.481 e. The number of carboxylic acids is 1. The minimum Gasteiger partial charge on any atom is -0.481 e. The Kier molecular flexibility index (Phi) is 4.27. The van der Waals surface area contributed by atoms with Crippen molar-refractivity contribution in [1.29, 1.82) is 0 Å². The van der Waals surface area contributed by atoms with Gasteiger partial charge >= 0.3 is 5.97 Å². The normalized spacial score (nSPS) is 12.4. The molecule has 0 bridgehead atoms. The Morgan fingerprint density at radius 2 is 2.10 bits per heavy atom. The molecule has 0 spiro atoms. The first kappa shape index (κ1) is 15.4. The molecule has 0 saturated heterocycles. The highest BCUT2D eigenvalue weighted by Crippen LogP contribution is 2.32. The van der Waals surface area contributed by atoms with Gasteiger partial charge in [0, 0.05) is 18.3 Å². The summed E-state index contributed by atoms with van der Waals surface area (Å²) < 4.78 is 14.0. The topological polar surface area (TPSA) is 57.6 Å². The van der Waals surface area contributed by atoms with E-state index in [9.17, 15) is 14.0 Å². The molecule has 0 saturated carbocycles. The molecule has 1 aromatic carbocycles. The van der Waals surface area contributed by atoms with E-state index in [1.54, 1.807) is 20.0 Å². The number of thiophene rings is 1. The van der Waals surface area contributed by atoms with E-state index in [0.29, 0.717) is 4.88 Å². The lowest BCUT2D eigenvalue weighted by Gasteiger charge is -2.19. The number of amides is 1. The van der Waals surface area contributed by atoms with Crippen molar-refractivity contribution >= 4 is 33.3 Å². The summed E-state index contributed by atoms with van der Waals surface area (Å²) >= 11 is 1.23. The van der Waals surface area contributed by atoms with Crippen molar-refractivity contribution in [2.24, 2.45) is 5.92 Å². The average Bonchev–Trinajstić information content (AvgIpc) is 2.74. The fourth-order valence-corrected chi connectivity index (χ4v) is 3.38. The van der Waals surface area contributed by atoms with Gasteiger partial charge in [-0.25, -0.2) is 4.39 Å². The van der Waals surface area contributed by atoms with Gasteiger partial charge in [-0.15, -0.1) is 11.3 Å². The van der Waals surface area contributed by atoms with Crippen LogP contribution in [0, 0.1) is 18.7 Å². The van der Waals surface area contributed by atoms with Crippen LogP contribution in [0.1, 0.15) is 22.2 Å². The van der Waals surface area contributed by atoms with Crippen LogP contribution < -0.4 is 0 Å². The zero-order valence-electron chi connectivity index (χ0n) is 12.0. The molecule has 0 aliphatic rings. The third kappa shape index (κ3) is 3.05. The molecule has 21 heavy (non-hydrogen) atoms. The average molecular weight is 309 g/mol. The van der Waals surface area contributed by atoms with Crippen molar-refractivity contribution in [1.82, 2.24) is 4.90 Å². The molecular weight excluding hydrogens is 293 g/mol. The number of carbonyl (C=O) groups excluding carboxylic acids is 1. The Morgan fingerprint density at radius 3 is 2.71 bits per heavy atom. The molecule has 1 N–H and O–H groups in total. The first-order chi connectivity index (χ1) is 9.81. The summed E-state index contributed by atoms with van der Waals surface area (Å²) in [6.45, 7) is 3.51. The molecule has 112 valence electrons. The highest BCUT2D eigenvalue weighted by molar-refractivity contribution is 7.21. The van der Waals surface area contributed by atoms with Crippen molar-refractivity contribution in [2.75, 3.05) is 13.6 Å². The molecule has 0 radical (unpaired) electrons. The quantitative estimate of drug-likeness (QED) is 0.944. The maximum absolute atomic E-state index is 13.2. The van der Waals surface area contributed by atoms with E-state index in [4.69, 9.17) is 5.11 Å². The molecular formula is C15H16FNO3S. The Balaban J connectivity index is 2.31. The van der Waals surface area contributed by atoms with Gasteiger partial charge in [-0.05, 0) is 30.0 Å². The van der Waals surface area contributed by atoms with Crippen LogP contribution in [-0.2, 0) is 4.79 Å². The van der Waals surface area contributed by atoms with Crippen LogP contribution >= 0.6 is 11.3 Å². The highest BCUT2D eigenvalue weighted by atomic mass is 32.1. The van der Waals surface area contributed by atoms with Gasteiger partial charge in [0.25, 0.3) is 5.91 Å². The second kappa shape index (κ2) is 5.81. The number of fused-ring (bicyclic) bond motifs is 1. The van der Waals surface area contributed by atoms with Crippen molar-refractivity contribution in [2.45, 2.75) is 13.8 Å². The molecule has 0 aliphatic heterocycles. The third-order valence-electron chi connectivity index (χ3n) is 3.41. The standard InChI is InChI=1S/C15H16FNO3S/c1-8(15(19)20)7-17(3)14(18)13-9(2)11-5-4-10(16)6-12(11)21-13/h4-6,8H,7H2,1-3H3,(H,19,20). The number of aryl methyl sites for hydroxylation is 1. The van der Waals surface area contributed by atoms with Crippen molar-refractivity contribution in [3.05, 3.63) is 34.5 Å². The second-order valence-corrected chi connectivity index (χ2v) is 6.17. The number of benzene rings is 1. The lowest BCUT2D eigenvalue weighted by atomic mass is 10.1. The summed E-state index contributed by atoms with van der Waals surface area (Å²) in [5.41, 5.74) is 0.801. The number of aliphatic carboxylic acids is 1. The maximum Gasteiger partial charge on any atom is 0.308 e. The summed E-state index contributed by atoms with van der Waals surface area (Å²) in [6.07, 6.45) is 0. The van der Waals surface area contributed by atoms with E-state index < -0.39 is 11.9 Å². The van der Waals surface area contributed by atoms with Crippen LogP contribution in [-0.4, -0.2) is 35.5 Å². The molecule has 6 heteroatoms. The van der Waals surface area contributed by atoms with Gasteiger partial charge in [-0.3, -0.25) is 9.59 Å². The minimum absolute atomic E-state index is 0.135. The molecule has 2 rings (SSSR count). The maximum atomic E-state index is 13.2. The van der Waals surface area contributed by atoms with E-state index >= 15 is 0 Å². The Morgan fingerprint density at radius 1 is 1.43 bits per heavy atom. The van der Waals surface area contributed by atoms with Crippen molar-refractivity contribution < 1.29 is 19.1 Å². The highest BCUT2D eigenvalue weighted by Gasteiger charge is 2.22. The Hall–Kier alpha value is -1.95. The monoisotopic (exact) mass is 309 g/mol. The van der Waals surface area contributed by atoms with Gasteiger partial charge in [-0.2, -0.15) is 0 Å². The summed E-state index contributed by atoms with van der Waals surface area (Å²) in [7, 11) is 1.58. The second-order valence-electron chi connectivity index (χ2n) is 5.12. The number of hydrogen-bond donors (Lipinski definition) is 1. The molecule has 1 atom stereocenters. The Labute approximate surface area is 125 Å². The molecule has 0 aliphatic carbocycles. The molecule has 2 aromatic rings. The zero-order chi connectivity index (χ0) is 15.7. The number of halogens is 1. The number of hydrogen-bond acceptors (Lipinski definition) is 3. The van der Waals surface area contributed by atoms with Crippen LogP contribution in [0.25, 0.3) is 10.1 Å². The molecule has 4 nitrogen and oxygen atoms in total. The Bertz CT molecular complexity index is 710. The summed E-state index contributed by atoms with van der Waals surface area (Å²) in [5.74, 6) is -2.14. The fourth-order valence-electron chi connectivity index (χ4n) is 2.15. The predicted octanol–water partition coefficient (Wildman–Crippen LogP) is 3.14. The lowest BCUT2D eigenvalue weighted by Crippen LogP contribution is -2.33. The van der Waals surface area contributed by atoms with Crippen LogP contribution in [0.2, 0.25) is 0 Å². The molecule has 0 fully saturated rings. The number of carbonyl (C=O) groups is 2. The molecule has 1 amide bonds. The van der Waals surface area contributed by atoms with Crippen LogP contribution in [0.3, 0.4) is 0 Å². The van der Waals surface area contributed by atoms with Gasteiger partial charge < -0.3 is 10.0 Å². The summed E-state index contributed by atoms with van der Waals surface area (Å²) in [5, 5.41) is 9.76. The summed E-state index contributed by atoms with van der Waals surface area (Å²) in [4.78, 5) is 25.2. The van der Waals surface area contributed by atoms with Gasteiger partial charge in [0.1, 0.15) is 5.82 Å². The van der Waals surface area contributed by atoms with Gasteiger partial charge in [-0.1, -0.05) is 13.0 Å². The first-order valence-electron chi connectivity index (χ1n) is 6.48. The SMILES string of the molecule is Cc1c(C(=O)N(C)CC(C)C(=O)O)sc2cc(F)ccc12.